The van der Waals surface area contributed by atoms with E-state index in [4.69, 9.17) is 16.9 Å². The fraction of sp³-hybridized carbons (Fsp3) is 0.0769. The number of nitrogens with one attached hydrogen (secondary N) is 1. The molecular weight excluding hydrogens is 253 g/mol. The molecule has 2 rings (SSSR count). The van der Waals surface area contributed by atoms with E-state index in [0.29, 0.717) is 22.6 Å². The van der Waals surface area contributed by atoms with Crippen molar-refractivity contribution < 1.29 is 4.39 Å². The van der Waals surface area contributed by atoms with Gasteiger partial charge in [0.1, 0.15) is 16.8 Å². The first-order chi connectivity index (χ1) is 8.60. The lowest BCUT2D eigenvalue weighted by molar-refractivity contribution is 0.619. The molecule has 5 heteroatoms. The standard InChI is InChI=1S/C13H9ClFN3/c1-8-10(15)3-2-4-11(8)17-13-6-9(7-16)5-12(14)18-13/h2-6H,1H3,(H,17,18). The van der Waals surface area contributed by atoms with Crippen LogP contribution in [0, 0.1) is 24.1 Å². The molecule has 1 aromatic carbocycles. The minimum atomic E-state index is -0.303. The zero-order chi connectivity index (χ0) is 13.1. The number of benzene rings is 1. The molecule has 18 heavy (non-hydrogen) atoms. The van der Waals surface area contributed by atoms with E-state index in [-0.39, 0.29) is 11.0 Å². The first kappa shape index (κ1) is 12.3. The van der Waals surface area contributed by atoms with Crippen LogP contribution in [0.2, 0.25) is 5.15 Å². The van der Waals surface area contributed by atoms with Gasteiger partial charge in [0.2, 0.25) is 0 Å². The maximum atomic E-state index is 13.4. The Hall–Kier alpha value is -2.12. The molecule has 0 radical (unpaired) electrons. The zero-order valence-electron chi connectivity index (χ0n) is 9.54. The van der Waals surface area contributed by atoms with Crippen LogP contribution in [0.5, 0.6) is 0 Å². The molecule has 0 aliphatic rings. The van der Waals surface area contributed by atoms with Crippen molar-refractivity contribution in [1.82, 2.24) is 4.98 Å². The fourth-order valence-electron chi connectivity index (χ4n) is 1.51. The second kappa shape index (κ2) is 5.03. The highest BCUT2D eigenvalue weighted by Crippen LogP contribution is 2.23. The molecule has 0 aliphatic carbocycles. The molecule has 0 fully saturated rings. The summed E-state index contributed by atoms with van der Waals surface area (Å²) in [6.07, 6.45) is 0. The number of halogens is 2. The summed E-state index contributed by atoms with van der Waals surface area (Å²) in [5, 5.41) is 12.0. The molecule has 0 bridgehead atoms. The van der Waals surface area contributed by atoms with Gasteiger partial charge in [0.15, 0.2) is 0 Å². The summed E-state index contributed by atoms with van der Waals surface area (Å²) < 4.78 is 13.4. The average Bonchev–Trinajstić information content (AvgIpc) is 2.34. The largest absolute Gasteiger partial charge is 0.340 e. The SMILES string of the molecule is Cc1c(F)cccc1Nc1cc(C#N)cc(Cl)n1. The second-order valence-corrected chi connectivity index (χ2v) is 4.10. The summed E-state index contributed by atoms with van der Waals surface area (Å²) in [6.45, 7) is 1.66. The van der Waals surface area contributed by atoms with E-state index in [2.05, 4.69) is 10.3 Å². The van der Waals surface area contributed by atoms with E-state index in [1.165, 1.54) is 12.1 Å². The maximum absolute atomic E-state index is 13.4. The summed E-state index contributed by atoms with van der Waals surface area (Å²) in [6, 6.07) is 9.71. The van der Waals surface area contributed by atoms with Gasteiger partial charge < -0.3 is 5.32 Å². The zero-order valence-corrected chi connectivity index (χ0v) is 10.3. The molecule has 0 unspecified atom stereocenters. The van der Waals surface area contributed by atoms with Crippen LogP contribution in [0.1, 0.15) is 11.1 Å². The van der Waals surface area contributed by atoms with E-state index in [0.717, 1.165) is 0 Å². The summed E-state index contributed by atoms with van der Waals surface area (Å²) in [7, 11) is 0. The van der Waals surface area contributed by atoms with Crippen molar-refractivity contribution in [2.75, 3.05) is 5.32 Å². The van der Waals surface area contributed by atoms with E-state index >= 15 is 0 Å². The van der Waals surface area contributed by atoms with Gasteiger partial charge in [-0.1, -0.05) is 17.7 Å². The van der Waals surface area contributed by atoms with Gasteiger partial charge >= 0.3 is 0 Å². The van der Waals surface area contributed by atoms with Gasteiger partial charge in [-0.15, -0.1) is 0 Å². The van der Waals surface area contributed by atoms with E-state index in [1.54, 1.807) is 25.1 Å². The molecule has 0 atom stereocenters. The Bertz CT molecular complexity index is 635. The Morgan fingerprint density at radius 2 is 2.17 bits per heavy atom. The van der Waals surface area contributed by atoms with Gasteiger partial charge in [-0.05, 0) is 31.2 Å². The monoisotopic (exact) mass is 261 g/mol. The third-order valence-electron chi connectivity index (χ3n) is 2.45. The Kier molecular flexibility index (Phi) is 3.45. The first-order valence-electron chi connectivity index (χ1n) is 5.20. The quantitative estimate of drug-likeness (QED) is 0.837. The average molecular weight is 262 g/mol. The van der Waals surface area contributed by atoms with Gasteiger partial charge in [-0.2, -0.15) is 5.26 Å². The Morgan fingerprint density at radius 3 is 2.89 bits per heavy atom. The van der Waals surface area contributed by atoms with E-state index in [9.17, 15) is 4.39 Å². The highest BCUT2D eigenvalue weighted by molar-refractivity contribution is 6.29. The molecule has 0 saturated carbocycles. The highest BCUT2D eigenvalue weighted by Gasteiger charge is 2.06. The number of anilines is 2. The lowest BCUT2D eigenvalue weighted by atomic mass is 10.2. The van der Waals surface area contributed by atoms with Crippen LogP contribution < -0.4 is 5.32 Å². The number of nitriles is 1. The van der Waals surface area contributed by atoms with Crippen LogP contribution in [-0.2, 0) is 0 Å². The maximum Gasteiger partial charge on any atom is 0.133 e. The van der Waals surface area contributed by atoms with Crippen LogP contribution in [0.3, 0.4) is 0 Å². The number of pyridine rings is 1. The molecule has 1 N–H and O–H groups in total. The van der Waals surface area contributed by atoms with E-state index < -0.39 is 0 Å². The fourth-order valence-corrected chi connectivity index (χ4v) is 1.71. The molecule has 3 nitrogen and oxygen atoms in total. The van der Waals surface area contributed by atoms with Crippen molar-refractivity contribution in [2.45, 2.75) is 6.92 Å². The molecular formula is C13H9ClFN3. The Labute approximate surface area is 109 Å². The van der Waals surface area contributed by atoms with Gasteiger partial charge in [-0.25, -0.2) is 9.37 Å². The smallest absolute Gasteiger partial charge is 0.133 e. The minimum Gasteiger partial charge on any atom is -0.340 e. The normalized spacial score (nSPS) is 9.89. The molecule has 0 saturated heterocycles. The lowest BCUT2D eigenvalue weighted by Gasteiger charge is -2.09. The summed E-state index contributed by atoms with van der Waals surface area (Å²) in [5.41, 5.74) is 1.47. The minimum absolute atomic E-state index is 0.214. The topological polar surface area (TPSA) is 48.7 Å². The van der Waals surface area contributed by atoms with Crippen molar-refractivity contribution in [1.29, 1.82) is 5.26 Å². The molecule has 0 amide bonds. The number of hydrogen-bond donors (Lipinski definition) is 1. The van der Waals surface area contributed by atoms with Gasteiger partial charge in [-0.3, -0.25) is 0 Å². The van der Waals surface area contributed by atoms with Crippen molar-refractivity contribution >= 4 is 23.1 Å². The molecule has 1 aromatic heterocycles. The van der Waals surface area contributed by atoms with Crippen molar-refractivity contribution in [2.24, 2.45) is 0 Å². The summed E-state index contributed by atoms with van der Waals surface area (Å²) >= 11 is 5.79. The number of hydrogen-bond acceptors (Lipinski definition) is 3. The Morgan fingerprint density at radius 1 is 1.39 bits per heavy atom. The molecule has 1 heterocycles. The first-order valence-corrected chi connectivity index (χ1v) is 5.58. The number of rotatable bonds is 2. The third-order valence-corrected chi connectivity index (χ3v) is 2.65. The predicted molar refractivity (Wildman–Crippen MR) is 68.4 cm³/mol. The van der Waals surface area contributed by atoms with Crippen LogP contribution in [0.15, 0.2) is 30.3 Å². The van der Waals surface area contributed by atoms with E-state index in [1.807, 2.05) is 6.07 Å². The van der Waals surface area contributed by atoms with Gasteiger partial charge in [0.25, 0.3) is 0 Å². The van der Waals surface area contributed by atoms with Crippen LogP contribution >= 0.6 is 11.6 Å². The predicted octanol–water partition coefficient (Wildman–Crippen LogP) is 3.80. The summed E-state index contributed by atoms with van der Waals surface area (Å²) in [5.74, 6) is 0.107. The highest BCUT2D eigenvalue weighted by atomic mass is 35.5. The molecule has 0 aliphatic heterocycles. The van der Waals surface area contributed by atoms with Crippen molar-refractivity contribution in [3.8, 4) is 6.07 Å². The van der Waals surface area contributed by atoms with Gasteiger partial charge in [0, 0.05) is 11.3 Å². The number of nitrogens with zero attached hydrogens (tertiary/aromatic N) is 2. The molecule has 0 spiro atoms. The van der Waals surface area contributed by atoms with Crippen LogP contribution in [-0.4, -0.2) is 4.98 Å². The third kappa shape index (κ3) is 2.58. The molecule has 90 valence electrons. The Balaban J connectivity index is 2.37. The number of aromatic nitrogens is 1. The van der Waals surface area contributed by atoms with Crippen LogP contribution in [0.25, 0.3) is 0 Å². The molecule has 2 aromatic rings. The lowest BCUT2D eigenvalue weighted by Crippen LogP contribution is -1.98. The van der Waals surface area contributed by atoms with Crippen molar-refractivity contribution in [3.63, 3.8) is 0 Å². The van der Waals surface area contributed by atoms with Gasteiger partial charge in [0.05, 0.1) is 11.6 Å². The van der Waals surface area contributed by atoms with Crippen LogP contribution in [0.4, 0.5) is 15.9 Å². The van der Waals surface area contributed by atoms with Crippen molar-refractivity contribution in [3.05, 3.63) is 52.4 Å². The summed E-state index contributed by atoms with van der Waals surface area (Å²) in [4.78, 5) is 4.03. The second-order valence-electron chi connectivity index (χ2n) is 3.71.